The first kappa shape index (κ1) is 27.9. The van der Waals surface area contributed by atoms with Gasteiger partial charge in [-0.25, -0.2) is 13.8 Å². The lowest BCUT2D eigenvalue weighted by Crippen LogP contribution is -2.50. The normalized spacial score (nSPS) is 16.8. The lowest BCUT2D eigenvalue weighted by atomic mass is 10.0. The molecule has 0 saturated carbocycles. The third-order valence-corrected chi connectivity index (χ3v) is 7.57. The molecule has 2 aliphatic heterocycles. The molecule has 1 amide bonds. The molecule has 0 bridgehead atoms. The van der Waals surface area contributed by atoms with Crippen LogP contribution < -0.4 is 15.5 Å². The third kappa shape index (κ3) is 6.02. The fourth-order valence-electron chi connectivity index (χ4n) is 5.39. The highest BCUT2D eigenvalue weighted by molar-refractivity contribution is 5.78. The Morgan fingerprint density at radius 2 is 1.43 bits per heavy atom. The maximum atomic E-state index is 14.2. The van der Waals surface area contributed by atoms with Crippen LogP contribution in [0.1, 0.15) is 24.2 Å². The van der Waals surface area contributed by atoms with Gasteiger partial charge < -0.3 is 25.2 Å². The van der Waals surface area contributed by atoms with E-state index in [2.05, 4.69) is 15.0 Å². The molecule has 42 heavy (non-hydrogen) atoms. The van der Waals surface area contributed by atoms with Crippen molar-refractivity contribution < 1.29 is 18.3 Å². The Labute approximate surface area is 241 Å². The summed E-state index contributed by atoms with van der Waals surface area (Å²) < 4.78 is 35.1. The van der Waals surface area contributed by atoms with E-state index in [-0.39, 0.29) is 24.3 Å². The second-order valence-corrected chi connectivity index (χ2v) is 10.5. The van der Waals surface area contributed by atoms with E-state index in [4.69, 9.17) is 15.5 Å². The summed E-state index contributed by atoms with van der Waals surface area (Å²) in [5, 5.41) is 0. The molecule has 0 radical (unpaired) electrons. The van der Waals surface area contributed by atoms with E-state index in [0.717, 1.165) is 5.56 Å². The average Bonchev–Trinajstić information content (AvgIpc) is 3.42. The van der Waals surface area contributed by atoms with Crippen LogP contribution in [-0.2, 0) is 16.0 Å². The summed E-state index contributed by atoms with van der Waals surface area (Å²) in [4.78, 5) is 37.0. The Kier molecular flexibility index (Phi) is 8.20. The predicted molar refractivity (Wildman–Crippen MR) is 154 cm³/mol. The number of carbonyl (C=O) groups excluding carboxylic acids is 1. The first-order valence-corrected chi connectivity index (χ1v) is 14.1. The molecule has 1 atom stereocenters. The first-order valence-electron chi connectivity index (χ1n) is 14.1. The van der Waals surface area contributed by atoms with Crippen molar-refractivity contribution in [2.24, 2.45) is 5.73 Å². The largest absolute Gasteiger partial charge is 0.378 e. The maximum Gasteiger partial charge on any atom is 0.296 e. The minimum atomic E-state index is -2.83. The number of fused-ring (bicyclic) bond motifs is 1. The monoisotopic (exact) mass is 577 g/mol. The van der Waals surface area contributed by atoms with Gasteiger partial charge in [0, 0.05) is 51.7 Å². The molecule has 13 heteroatoms. The molecular weight excluding hydrogens is 544 g/mol. The highest BCUT2D eigenvalue weighted by Crippen LogP contribution is 2.28. The second kappa shape index (κ2) is 12.3. The number of anilines is 2. The standard InChI is InChI=1S/C29H33F2N9O2/c30-25(31)26-33-22-8-4-5-9-23(22)40(26)29-35-27(34-28(36-29)39-14-16-42-17-15-39)38-12-10-37(11-13-38)24(41)19-21(32)18-20-6-2-1-3-7-20/h1-9,21,25H,10-19,32H2/t21-/m0/s1. The molecule has 0 unspecified atom stereocenters. The van der Waals surface area contributed by atoms with E-state index >= 15 is 0 Å². The quantitative estimate of drug-likeness (QED) is 0.337. The number of hydrogen-bond acceptors (Lipinski definition) is 9. The molecule has 2 fully saturated rings. The van der Waals surface area contributed by atoms with E-state index in [0.29, 0.717) is 81.8 Å². The summed E-state index contributed by atoms with van der Waals surface area (Å²) in [5.74, 6) is 0.420. The van der Waals surface area contributed by atoms with Crippen LogP contribution in [0.15, 0.2) is 54.6 Å². The van der Waals surface area contributed by atoms with Gasteiger partial charge in [-0.1, -0.05) is 42.5 Å². The number of morpholine rings is 1. The number of alkyl halides is 2. The number of imidazole rings is 1. The number of nitrogens with two attached hydrogens (primary N) is 1. The summed E-state index contributed by atoms with van der Waals surface area (Å²) in [6, 6.07) is 16.5. The number of hydrogen-bond donors (Lipinski definition) is 1. The van der Waals surface area contributed by atoms with Crippen LogP contribution in [0.2, 0.25) is 0 Å². The Morgan fingerprint density at radius 1 is 0.810 bits per heavy atom. The lowest BCUT2D eigenvalue weighted by Gasteiger charge is -2.36. The molecule has 2 aliphatic rings. The number of nitrogens with zero attached hydrogens (tertiary/aromatic N) is 8. The molecule has 6 rings (SSSR count). The number of aromatic nitrogens is 5. The average molecular weight is 578 g/mol. The summed E-state index contributed by atoms with van der Waals surface area (Å²) in [5.41, 5.74) is 8.31. The summed E-state index contributed by atoms with van der Waals surface area (Å²) in [7, 11) is 0. The van der Waals surface area contributed by atoms with Crippen LogP contribution >= 0.6 is 0 Å². The zero-order valence-corrected chi connectivity index (χ0v) is 23.1. The number of piperazine rings is 1. The van der Waals surface area contributed by atoms with Crippen molar-refractivity contribution in [3.63, 3.8) is 0 Å². The Bertz CT molecular complexity index is 1520. The lowest BCUT2D eigenvalue weighted by molar-refractivity contribution is -0.131. The molecule has 4 heterocycles. The van der Waals surface area contributed by atoms with Crippen LogP contribution in [0.4, 0.5) is 20.7 Å². The Hall–Kier alpha value is -4.23. The van der Waals surface area contributed by atoms with Gasteiger partial charge in [0.1, 0.15) is 0 Å². The van der Waals surface area contributed by atoms with Crippen molar-refractivity contribution in [2.75, 3.05) is 62.3 Å². The van der Waals surface area contributed by atoms with E-state index in [9.17, 15) is 13.6 Å². The fraction of sp³-hybridized carbons (Fsp3) is 0.414. The number of carbonyl (C=O) groups is 1. The zero-order valence-electron chi connectivity index (χ0n) is 23.1. The molecule has 220 valence electrons. The summed E-state index contributed by atoms with van der Waals surface area (Å²) >= 11 is 0. The molecule has 0 aliphatic carbocycles. The van der Waals surface area contributed by atoms with Crippen LogP contribution in [0.5, 0.6) is 0 Å². The molecule has 11 nitrogen and oxygen atoms in total. The molecule has 2 saturated heterocycles. The van der Waals surface area contributed by atoms with Gasteiger partial charge in [0.25, 0.3) is 6.43 Å². The van der Waals surface area contributed by atoms with E-state index in [1.165, 1.54) is 4.57 Å². The highest BCUT2D eigenvalue weighted by Gasteiger charge is 2.28. The van der Waals surface area contributed by atoms with Gasteiger partial charge in [-0.3, -0.25) is 9.36 Å². The summed E-state index contributed by atoms with van der Waals surface area (Å²) in [6.07, 6.45) is -1.93. The van der Waals surface area contributed by atoms with Gasteiger partial charge in [0.2, 0.25) is 23.8 Å². The maximum absolute atomic E-state index is 14.2. The topological polar surface area (TPSA) is 119 Å². The van der Waals surface area contributed by atoms with Crippen molar-refractivity contribution in [3.8, 4) is 5.95 Å². The smallest absolute Gasteiger partial charge is 0.296 e. The van der Waals surface area contributed by atoms with Crippen molar-refractivity contribution in [3.05, 3.63) is 66.0 Å². The molecule has 4 aromatic rings. The first-order chi connectivity index (χ1) is 20.5. The minimum Gasteiger partial charge on any atom is -0.378 e. The molecule has 2 aromatic heterocycles. The predicted octanol–water partition coefficient (Wildman–Crippen LogP) is 2.59. The molecule has 2 N–H and O–H groups in total. The number of halogens is 2. The van der Waals surface area contributed by atoms with Gasteiger partial charge in [-0.2, -0.15) is 15.0 Å². The number of amides is 1. The van der Waals surface area contributed by atoms with Crippen LogP contribution in [0.3, 0.4) is 0 Å². The number of rotatable bonds is 8. The van der Waals surface area contributed by atoms with Gasteiger partial charge in [0.05, 0.1) is 24.2 Å². The highest BCUT2D eigenvalue weighted by atomic mass is 19.3. The SMILES string of the molecule is N[C@H](CC(=O)N1CCN(c2nc(N3CCOCC3)nc(-n3c(C(F)F)nc4ccccc43)n2)CC1)Cc1ccccc1. The zero-order chi connectivity index (χ0) is 29.1. The van der Waals surface area contributed by atoms with Crippen LogP contribution in [0.25, 0.3) is 17.0 Å². The fourth-order valence-corrected chi connectivity index (χ4v) is 5.39. The van der Waals surface area contributed by atoms with Crippen molar-refractivity contribution in [1.82, 2.24) is 29.4 Å². The third-order valence-electron chi connectivity index (χ3n) is 7.57. The van der Waals surface area contributed by atoms with Gasteiger partial charge in [-0.05, 0) is 24.1 Å². The van der Waals surface area contributed by atoms with E-state index in [1.54, 1.807) is 24.3 Å². The molecule has 2 aromatic carbocycles. The van der Waals surface area contributed by atoms with Gasteiger partial charge in [0.15, 0.2) is 5.82 Å². The summed E-state index contributed by atoms with van der Waals surface area (Å²) in [6.45, 7) is 4.08. The molecular formula is C29H33F2N9O2. The van der Waals surface area contributed by atoms with Gasteiger partial charge in [-0.15, -0.1) is 0 Å². The Balaban J connectivity index is 1.23. The van der Waals surface area contributed by atoms with Crippen LogP contribution in [0, 0.1) is 0 Å². The van der Waals surface area contributed by atoms with Crippen molar-refractivity contribution in [1.29, 1.82) is 0 Å². The van der Waals surface area contributed by atoms with Crippen molar-refractivity contribution >= 4 is 28.8 Å². The van der Waals surface area contributed by atoms with Gasteiger partial charge >= 0.3 is 0 Å². The Morgan fingerprint density at radius 3 is 2.12 bits per heavy atom. The number of benzene rings is 2. The minimum absolute atomic E-state index is 0.00915. The van der Waals surface area contributed by atoms with E-state index < -0.39 is 12.2 Å². The number of para-hydroxylation sites is 2. The number of ether oxygens (including phenoxy) is 1. The second-order valence-electron chi connectivity index (χ2n) is 10.5. The van der Waals surface area contributed by atoms with E-state index in [1.807, 2.05) is 45.0 Å². The van der Waals surface area contributed by atoms with Crippen LogP contribution in [-0.4, -0.2) is 93.8 Å². The van der Waals surface area contributed by atoms with Crippen molar-refractivity contribution in [2.45, 2.75) is 25.3 Å². The molecule has 0 spiro atoms.